The van der Waals surface area contributed by atoms with Crippen LogP contribution in [0.15, 0.2) is 72.8 Å². The van der Waals surface area contributed by atoms with Crippen LogP contribution in [-0.4, -0.2) is 48.7 Å². The van der Waals surface area contributed by atoms with Gasteiger partial charge in [0.25, 0.3) is 5.91 Å². The van der Waals surface area contributed by atoms with E-state index in [2.05, 4.69) is 25.7 Å². The highest BCUT2D eigenvalue weighted by atomic mass is 19.1. The smallest absolute Gasteiger partial charge is 0.269 e. The molecule has 0 unspecified atom stereocenters. The molecule has 0 aliphatic carbocycles. The number of carbonyl (C=O) groups excluding carboxylic acids is 1. The second-order valence-corrected chi connectivity index (χ2v) is 7.48. The van der Waals surface area contributed by atoms with Crippen LogP contribution in [0.3, 0.4) is 0 Å². The molecule has 0 atom stereocenters. The van der Waals surface area contributed by atoms with Crippen molar-refractivity contribution < 1.29 is 13.9 Å². The number of benzene rings is 2. The molecule has 0 fully saturated rings. The van der Waals surface area contributed by atoms with Crippen LogP contribution in [0.4, 0.5) is 4.39 Å². The Morgan fingerprint density at radius 1 is 0.971 bits per heavy atom. The Balaban J connectivity index is 1.22. The summed E-state index contributed by atoms with van der Waals surface area (Å²) >= 11 is 0. The lowest BCUT2D eigenvalue weighted by molar-refractivity contribution is 0.0937. The van der Waals surface area contributed by atoms with Crippen molar-refractivity contribution in [3.8, 4) is 28.5 Å². The zero-order valence-electron chi connectivity index (χ0n) is 18.2. The molecule has 0 saturated heterocycles. The number of halogens is 1. The lowest BCUT2D eigenvalue weighted by Gasteiger charge is -2.08. The maximum atomic E-state index is 13.6. The van der Waals surface area contributed by atoms with Crippen LogP contribution in [0.5, 0.6) is 5.88 Å². The van der Waals surface area contributed by atoms with Crippen molar-refractivity contribution in [2.45, 2.75) is 0 Å². The van der Waals surface area contributed by atoms with Gasteiger partial charge < -0.3 is 10.1 Å². The minimum atomic E-state index is -0.373. The highest BCUT2D eigenvalue weighted by Crippen LogP contribution is 2.20. The van der Waals surface area contributed by atoms with E-state index in [4.69, 9.17) is 4.74 Å². The van der Waals surface area contributed by atoms with Gasteiger partial charge in [0.2, 0.25) is 5.88 Å². The van der Waals surface area contributed by atoms with E-state index in [-0.39, 0.29) is 24.9 Å². The van der Waals surface area contributed by atoms with Crippen molar-refractivity contribution >= 4 is 11.6 Å². The molecule has 1 N–H and O–H groups in total. The number of rotatable bonds is 7. The van der Waals surface area contributed by atoms with Crippen LogP contribution in [0.2, 0.25) is 0 Å². The van der Waals surface area contributed by atoms with E-state index in [1.807, 2.05) is 30.3 Å². The Kier molecular flexibility index (Phi) is 5.69. The van der Waals surface area contributed by atoms with E-state index in [1.54, 1.807) is 42.1 Å². The fourth-order valence-electron chi connectivity index (χ4n) is 3.50. The maximum absolute atomic E-state index is 13.6. The number of aryl methyl sites for hydroxylation is 1. The predicted octanol–water partition coefficient (Wildman–Crippen LogP) is 3.14. The molecule has 170 valence electrons. The van der Waals surface area contributed by atoms with Gasteiger partial charge in [-0.15, -0.1) is 15.3 Å². The van der Waals surface area contributed by atoms with Crippen molar-refractivity contribution in [1.82, 2.24) is 34.9 Å². The standard InChI is InChI=1S/C24H20FN7O2/c1-31-20(15-19(29-31)16-6-3-2-4-7-16)24(33)26-12-13-34-22-11-10-21-27-28-23(32(21)30-22)17-8-5-9-18(25)14-17/h2-11,14-15H,12-13H2,1H3,(H,26,33). The Bertz CT molecular complexity index is 1460. The Morgan fingerprint density at radius 2 is 1.79 bits per heavy atom. The lowest BCUT2D eigenvalue weighted by Crippen LogP contribution is -2.29. The minimum absolute atomic E-state index is 0.199. The summed E-state index contributed by atoms with van der Waals surface area (Å²) in [6.45, 7) is 0.467. The minimum Gasteiger partial charge on any atom is -0.475 e. The lowest BCUT2D eigenvalue weighted by atomic mass is 10.1. The molecule has 34 heavy (non-hydrogen) atoms. The van der Waals surface area contributed by atoms with Gasteiger partial charge in [-0.25, -0.2) is 4.39 Å². The number of fused-ring (bicyclic) bond motifs is 1. The van der Waals surface area contributed by atoms with Crippen LogP contribution in [0.1, 0.15) is 10.5 Å². The number of carbonyl (C=O) groups is 1. The summed E-state index contributed by atoms with van der Waals surface area (Å²) in [7, 11) is 1.73. The van der Waals surface area contributed by atoms with Crippen LogP contribution in [-0.2, 0) is 7.05 Å². The molecule has 0 aliphatic heterocycles. The van der Waals surface area contributed by atoms with Gasteiger partial charge in [0.15, 0.2) is 11.5 Å². The van der Waals surface area contributed by atoms with Gasteiger partial charge in [0, 0.05) is 24.2 Å². The van der Waals surface area contributed by atoms with Crippen LogP contribution >= 0.6 is 0 Å². The van der Waals surface area contributed by atoms with Crippen LogP contribution in [0.25, 0.3) is 28.3 Å². The maximum Gasteiger partial charge on any atom is 0.269 e. The molecule has 0 saturated carbocycles. The zero-order chi connectivity index (χ0) is 23.5. The third-order valence-electron chi connectivity index (χ3n) is 5.14. The number of nitrogens with one attached hydrogen (secondary N) is 1. The van der Waals surface area contributed by atoms with E-state index in [0.717, 1.165) is 11.3 Å². The van der Waals surface area contributed by atoms with Gasteiger partial charge in [0.1, 0.15) is 18.1 Å². The molecular weight excluding hydrogens is 437 g/mol. The number of hydrogen-bond donors (Lipinski definition) is 1. The molecule has 2 aromatic carbocycles. The first-order chi connectivity index (χ1) is 16.6. The summed E-state index contributed by atoms with van der Waals surface area (Å²) in [6.07, 6.45) is 0. The van der Waals surface area contributed by atoms with Crippen molar-refractivity contribution in [2.75, 3.05) is 13.2 Å². The molecule has 9 nitrogen and oxygen atoms in total. The zero-order valence-corrected chi connectivity index (χ0v) is 18.2. The first-order valence-electron chi connectivity index (χ1n) is 10.6. The first-order valence-corrected chi connectivity index (χ1v) is 10.6. The van der Waals surface area contributed by atoms with E-state index >= 15 is 0 Å². The fourth-order valence-corrected chi connectivity index (χ4v) is 3.50. The van der Waals surface area contributed by atoms with Gasteiger partial charge in [-0.3, -0.25) is 9.48 Å². The van der Waals surface area contributed by atoms with Gasteiger partial charge in [0.05, 0.1) is 12.2 Å². The van der Waals surface area contributed by atoms with Crippen molar-refractivity contribution in [1.29, 1.82) is 0 Å². The monoisotopic (exact) mass is 457 g/mol. The van der Waals surface area contributed by atoms with Crippen molar-refractivity contribution in [3.63, 3.8) is 0 Å². The van der Waals surface area contributed by atoms with E-state index in [9.17, 15) is 9.18 Å². The quantitative estimate of drug-likeness (QED) is 0.377. The van der Waals surface area contributed by atoms with E-state index < -0.39 is 0 Å². The molecule has 3 heterocycles. The van der Waals surface area contributed by atoms with Gasteiger partial charge in [-0.2, -0.15) is 9.61 Å². The topological polar surface area (TPSA) is 99.2 Å². The van der Waals surface area contributed by atoms with Crippen LogP contribution in [0, 0.1) is 5.82 Å². The number of nitrogens with zero attached hydrogens (tertiary/aromatic N) is 6. The largest absolute Gasteiger partial charge is 0.475 e. The third-order valence-corrected chi connectivity index (χ3v) is 5.14. The van der Waals surface area contributed by atoms with E-state index in [0.29, 0.717) is 28.6 Å². The van der Waals surface area contributed by atoms with E-state index in [1.165, 1.54) is 16.6 Å². The fraction of sp³-hybridized carbons (Fsp3) is 0.125. The number of amides is 1. The number of ether oxygens (including phenoxy) is 1. The molecule has 3 aromatic heterocycles. The second kappa shape index (κ2) is 9.10. The summed E-state index contributed by atoms with van der Waals surface area (Å²) in [5.74, 6) is 0.0999. The van der Waals surface area contributed by atoms with Crippen molar-refractivity contribution in [3.05, 3.63) is 84.3 Å². The Labute approximate surface area is 193 Å². The Hall–Kier alpha value is -4.60. The van der Waals surface area contributed by atoms with Crippen molar-refractivity contribution in [2.24, 2.45) is 7.05 Å². The Morgan fingerprint density at radius 3 is 2.62 bits per heavy atom. The average Bonchev–Trinajstić information content (AvgIpc) is 3.45. The molecule has 1 amide bonds. The molecular formula is C24H20FN7O2. The van der Waals surface area contributed by atoms with Gasteiger partial charge >= 0.3 is 0 Å². The third kappa shape index (κ3) is 4.33. The number of aromatic nitrogens is 6. The second-order valence-electron chi connectivity index (χ2n) is 7.48. The molecule has 5 rings (SSSR count). The SMILES string of the molecule is Cn1nc(-c2ccccc2)cc1C(=O)NCCOc1ccc2nnc(-c3cccc(F)c3)n2n1. The highest BCUT2D eigenvalue weighted by Gasteiger charge is 2.14. The van der Waals surface area contributed by atoms with Gasteiger partial charge in [-0.1, -0.05) is 42.5 Å². The summed E-state index contributed by atoms with van der Waals surface area (Å²) in [5, 5.41) is 19.8. The summed E-state index contributed by atoms with van der Waals surface area (Å²) in [5.41, 5.74) is 3.17. The summed E-state index contributed by atoms with van der Waals surface area (Å²) < 4.78 is 22.3. The number of hydrogen-bond acceptors (Lipinski definition) is 6. The first kappa shape index (κ1) is 21.3. The van der Waals surface area contributed by atoms with Gasteiger partial charge in [-0.05, 0) is 24.3 Å². The molecule has 0 spiro atoms. The molecule has 0 bridgehead atoms. The molecule has 0 radical (unpaired) electrons. The average molecular weight is 457 g/mol. The molecule has 0 aliphatic rings. The normalized spacial score (nSPS) is 11.0. The highest BCUT2D eigenvalue weighted by molar-refractivity contribution is 5.93. The molecule has 5 aromatic rings. The van der Waals surface area contributed by atoms with Crippen LogP contribution < -0.4 is 10.1 Å². The molecule has 10 heteroatoms. The summed E-state index contributed by atoms with van der Waals surface area (Å²) in [4.78, 5) is 12.6. The predicted molar refractivity (Wildman–Crippen MR) is 123 cm³/mol. The summed E-state index contributed by atoms with van der Waals surface area (Å²) in [6, 6.07) is 20.8.